The Morgan fingerprint density at radius 2 is 1.66 bits per heavy atom. The zero-order chi connectivity index (χ0) is 35.9. The summed E-state index contributed by atoms with van der Waals surface area (Å²) in [5, 5.41) is 14.9. The van der Waals surface area contributed by atoms with Crippen molar-refractivity contribution < 1.29 is 33.2 Å². The number of fused-ring (bicyclic) bond motifs is 2. The summed E-state index contributed by atoms with van der Waals surface area (Å²) in [5.74, 6) is -2.86. The molecule has 14 heteroatoms. The second-order valence-corrected chi connectivity index (χ2v) is 14.1. The number of nitrogens with zero attached hydrogens (tertiary/aromatic N) is 1. The van der Waals surface area contributed by atoms with Crippen LogP contribution in [-0.4, -0.2) is 89.1 Å². The number of carbonyl (C=O) groups excluding carboxylic acids is 6. The van der Waals surface area contributed by atoms with Crippen molar-refractivity contribution in [2.24, 2.45) is 5.92 Å². The van der Waals surface area contributed by atoms with E-state index >= 15 is 0 Å². The summed E-state index contributed by atoms with van der Waals surface area (Å²) in [4.78, 5) is 83.3. The van der Waals surface area contributed by atoms with Crippen molar-refractivity contribution in [2.75, 3.05) is 18.6 Å². The number of para-hydroxylation sites is 1. The van der Waals surface area contributed by atoms with Crippen LogP contribution in [0.15, 0.2) is 65.1 Å². The highest BCUT2D eigenvalue weighted by Crippen LogP contribution is 2.24. The molecule has 1 aromatic heterocycles. The lowest BCUT2D eigenvalue weighted by Gasteiger charge is -2.32. The number of rotatable bonds is 7. The van der Waals surface area contributed by atoms with Gasteiger partial charge in [0.25, 0.3) is 5.91 Å². The third kappa shape index (κ3) is 8.65. The van der Waals surface area contributed by atoms with Crippen molar-refractivity contribution in [2.45, 2.75) is 76.3 Å². The Morgan fingerprint density at radius 3 is 2.36 bits per heavy atom. The van der Waals surface area contributed by atoms with Crippen LogP contribution >= 0.6 is 11.8 Å². The maximum absolute atomic E-state index is 14.2. The third-order valence-corrected chi connectivity index (χ3v) is 9.67. The Balaban J connectivity index is 1.45. The molecule has 0 spiro atoms. The maximum Gasteiger partial charge on any atom is 0.287 e. The van der Waals surface area contributed by atoms with Crippen LogP contribution in [0.25, 0.3) is 11.0 Å². The van der Waals surface area contributed by atoms with Gasteiger partial charge in [0.15, 0.2) is 5.76 Å². The molecule has 5 rings (SSSR count). The minimum absolute atomic E-state index is 0.0225. The van der Waals surface area contributed by atoms with Gasteiger partial charge in [0.05, 0.1) is 12.5 Å². The van der Waals surface area contributed by atoms with Crippen LogP contribution in [0, 0.1) is 5.92 Å². The Labute approximate surface area is 295 Å². The summed E-state index contributed by atoms with van der Waals surface area (Å²) in [6.07, 6.45) is 2.10. The van der Waals surface area contributed by atoms with Crippen molar-refractivity contribution in [3.05, 3.63) is 72.0 Å². The molecule has 0 unspecified atom stereocenters. The van der Waals surface area contributed by atoms with Gasteiger partial charge in [-0.3, -0.25) is 28.8 Å². The molecule has 50 heavy (non-hydrogen) atoms. The third-order valence-electron chi connectivity index (χ3n) is 9.02. The van der Waals surface area contributed by atoms with Gasteiger partial charge >= 0.3 is 0 Å². The van der Waals surface area contributed by atoms with Crippen molar-refractivity contribution >= 4 is 58.2 Å². The SMILES string of the molecule is CSCC[C@@H]1NC(=O)C[C@@H](c2ccccc2)NC(=O)[C@H](C)NC(=O)[C@@H]2C[C@H](NC(=O)c3cc4ccccc4o3)CN2C(=O)[C@H](C(C)C)NC1=O. The van der Waals surface area contributed by atoms with Crippen LogP contribution in [0.5, 0.6) is 0 Å². The predicted octanol–water partition coefficient (Wildman–Crippen LogP) is 2.28. The van der Waals surface area contributed by atoms with E-state index in [1.54, 1.807) is 56.3 Å². The standard InChI is InChI=1S/C36H44N6O7S/c1-20(2)31-36(48)42-19-24(38-35(47)29-16-23-12-8-9-13-28(23)49-29)17-27(42)34(46)37-21(3)32(44)40-26(22-10-6-5-7-11-22)18-30(43)39-25(14-15-50-4)33(45)41-31/h5-13,16,20-21,24-27,31H,14-15,17-19H2,1-4H3,(H,37,46)(H,38,47)(H,39,43)(H,40,44)(H,41,45)/t21-,24-,25-,26-,27-,31-/m0/s1. The summed E-state index contributed by atoms with van der Waals surface area (Å²) in [6.45, 7) is 5.06. The molecular formula is C36H44N6O7S. The van der Waals surface area contributed by atoms with E-state index in [0.29, 0.717) is 23.3 Å². The smallest absolute Gasteiger partial charge is 0.287 e. The number of hydrogen-bond acceptors (Lipinski definition) is 8. The summed E-state index contributed by atoms with van der Waals surface area (Å²) < 4.78 is 5.72. The van der Waals surface area contributed by atoms with Gasteiger partial charge in [-0.1, -0.05) is 62.4 Å². The number of amides is 6. The molecule has 3 heterocycles. The van der Waals surface area contributed by atoms with Crippen LogP contribution in [0.1, 0.15) is 62.2 Å². The first-order valence-electron chi connectivity index (χ1n) is 16.8. The molecule has 0 bridgehead atoms. The lowest BCUT2D eigenvalue weighted by molar-refractivity contribution is -0.143. The molecule has 0 radical (unpaired) electrons. The fourth-order valence-corrected chi connectivity index (χ4v) is 6.75. The number of nitrogens with one attached hydrogen (secondary N) is 5. The van der Waals surface area contributed by atoms with E-state index in [1.807, 2.05) is 24.5 Å². The lowest BCUT2D eigenvalue weighted by atomic mass is 10.0. The van der Waals surface area contributed by atoms with Gasteiger partial charge in [0.2, 0.25) is 29.5 Å². The molecule has 5 N–H and O–H groups in total. The van der Waals surface area contributed by atoms with Crippen molar-refractivity contribution in [3.63, 3.8) is 0 Å². The molecule has 0 saturated carbocycles. The van der Waals surface area contributed by atoms with E-state index in [-0.39, 0.29) is 31.1 Å². The van der Waals surface area contributed by atoms with Crippen molar-refractivity contribution in [1.82, 2.24) is 31.5 Å². The van der Waals surface area contributed by atoms with E-state index in [4.69, 9.17) is 4.42 Å². The minimum atomic E-state index is -1.05. The summed E-state index contributed by atoms with van der Waals surface area (Å²) >= 11 is 1.51. The monoisotopic (exact) mass is 704 g/mol. The quantitative estimate of drug-likeness (QED) is 0.249. The minimum Gasteiger partial charge on any atom is -0.451 e. The van der Waals surface area contributed by atoms with E-state index in [9.17, 15) is 28.8 Å². The molecule has 2 fully saturated rings. The van der Waals surface area contributed by atoms with Crippen LogP contribution in [0.3, 0.4) is 0 Å². The molecule has 2 aliphatic heterocycles. The molecule has 266 valence electrons. The van der Waals surface area contributed by atoms with Gasteiger partial charge in [-0.15, -0.1) is 0 Å². The van der Waals surface area contributed by atoms with Gasteiger partial charge in [0, 0.05) is 18.0 Å². The second-order valence-electron chi connectivity index (χ2n) is 13.1. The van der Waals surface area contributed by atoms with E-state index < -0.39 is 71.7 Å². The zero-order valence-corrected chi connectivity index (χ0v) is 29.4. The van der Waals surface area contributed by atoms with Gasteiger partial charge in [0.1, 0.15) is 29.8 Å². The first-order chi connectivity index (χ1) is 23.9. The molecule has 0 aliphatic carbocycles. The fourth-order valence-electron chi connectivity index (χ4n) is 6.28. The van der Waals surface area contributed by atoms with Crippen LogP contribution in [-0.2, 0) is 24.0 Å². The van der Waals surface area contributed by atoms with E-state index in [0.717, 1.165) is 5.39 Å². The molecule has 2 aromatic carbocycles. The Morgan fingerprint density at radius 1 is 0.940 bits per heavy atom. The lowest BCUT2D eigenvalue weighted by Crippen LogP contribution is -2.59. The number of furan rings is 1. The summed E-state index contributed by atoms with van der Waals surface area (Å²) in [6, 6.07) is 12.3. The van der Waals surface area contributed by atoms with Gasteiger partial charge in [-0.2, -0.15) is 11.8 Å². The number of carbonyl (C=O) groups is 6. The highest BCUT2D eigenvalue weighted by atomic mass is 32.2. The van der Waals surface area contributed by atoms with Crippen molar-refractivity contribution in [3.8, 4) is 0 Å². The fraction of sp³-hybridized carbons (Fsp3) is 0.444. The molecule has 6 amide bonds. The van der Waals surface area contributed by atoms with Gasteiger partial charge < -0.3 is 35.9 Å². The normalized spacial score (nSPS) is 25.5. The first kappa shape index (κ1) is 36.4. The average Bonchev–Trinajstić information content (AvgIpc) is 3.73. The summed E-state index contributed by atoms with van der Waals surface area (Å²) in [7, 11) is 0. The Bertz CT molecular complexity index is 1700. The topological polar surface area (TPSA) is 179 Å². The van der Waals surface area contributed by atoms with Crippen LogP contribution in [0.4, 0.5) is 0 Å². The highest BCUT2D eigenvalue weighted by Gasteiger charge is 2.44. The molecule has 6 atom stereocenters. The average molecular weight is 705 g/mol. The number of hydrogen-bond donors (Lipinski definition) is 5. The van der Waals surface area contributed by atoms with E-state index in [1.165, 1.54) is 23.6 Å². The molecule has 2 saturated heterocycles. The first-order valence-corrected chi connectivity index (χ1v) is 18.2. The largest absolute Gasteiger partial charge is 0.451 e. The molecule has 3 aromatic rings. The molecule has 13 nitrogen and oxygen atoms in total. The van der Waals surface area contributed by atoms with Crippen LogP contribution in [0.2, 0.25) is 0 Å². The Hall–Kier alpha value is -4.85. The van der Waals surface area contributed by atoms with Crippen LogP contribution < -0.4 is 26.6 Å². The second kappa shape index (κ2) is 16.2. The highest BCUT2D eigenvalue weighted by molar-refractivity contribution is 7.98. The van der Waals surface area contributed by atoms with Gasteiger partial charge in [-0.25, -0.2) is 0 Å². The van der Waals surface area contributed by atoms with E-state index in [2.05, 4.69) is 26.6 Å². The molecule has 2 aliphatic rings. The maximum atomic E-state index is 14.2. The van der Waals surface area contributed by atoms with Crippen molar-refractivity contribution in [1.29, 1.82) is 0 Å². The predicted molar refractivity (Wildman–Crippen MR) is 189 cm³/mol. The Kier molecular flexibility index (Phi) is 11.8. The number of thioether (sulfide) groups is 1. The molecular weight excluding hydrogens is 660 g/mol. The summed E-state index contributed by atoms with van der Waals surface area (Å²) in [5.41, 5.74) is 1.22. The zero-order valence-electron chi connectivity index (χ0n) is 28.6. The number of benzene rings is 2. The van der Waals surface area contributed by atoms with Gasteiger partial charge in [-0.05, 0) is 55.4 Å².